The van der Waals surface area contributed by atoms with E-state index in [-0.39, 0.29) is 0 Å². The highest BCUT2D eigenvalue weighted by molar-refractivity contribution is 7.11. The fourth-order valence-corrected chi connectivity index (χ4v) is 2.12. The van der Waals surface area contributed by atoms with Crippen LogP contribution in [0.3, 0.4) is 0 Å². The van der Waals surface area contributed by atoms with Gasteiger partial charge in [0.1, 0.15) is 5.00 Å². The normalized spacial score (nSPS) is 11.9. The van der Waals surface area contributed by atoms with E-state index in [0.717, 1.165) is 12.1 Å². The van der Waals surface area contributed by atoms with Crippen LogP contribution in [0, 0.1) is 5.41 Å². The smallest absolute Gasteiger partial charge is 0.117 e. The Morgan fingerprint density at radius 2 is 2.00 bits per heavy atom. The van der Waals surface area contributed by atoms with Gasteiger partial charge in [-0.2, -0.15) is 4.37 Å². The van der Waals surface area contributed by atoms with Gasteiger partial charge in [-0.15, -0.1) is 0 Å². The lowest BCUT2D eigenvalue weighted by atomic mass is 9.97. The van der Waals surface area contributed by atoms with Gasteiger partial charge in [0, 0.05) is 11.9 Å². The van der Waals surface area contributed by atoms with E-state index in [0.29, 0.717) is 5.41 Å². The molecule has 1 N–H and O–H groups in total. The second-order valence-corrected chi connectivity index (χ2v) is 5.72. The summed E-state index contributed by atoms with van der Waals surface area (Å²) in [5.74, 6) is 0. The van der Waals surface area contributed by atoms with Crippen LogP contribution in [0.5, 0.6) is 0 Å². The third-order valence-corrected chi connectivity index (χ3v) is 3.00. The van der Waals surface area contributed by atoms with Gasteiger partial charge in [0.15, 0.2) is 0 Å². The Labute approximate surface area is 94.5 Å². The molecule has 80 valence electrons. The maximum absolute atomic E-state index is 4.40. The molecule has 0 atom stereocenters. The van der Waals surface area contributed by atoms with Crippen LogP contribution in [0.1, 0.15) is 20.8 Å². The maximum atomic E-state index is 4.40. The highest BCUT2D eigenvalue weighted by Gasteiger charge is 2.11. The van der Waals surface area contributed by atoms with Crippen molar-refractivity contribution in [1.29, 1.82) is 0 Å². The molecule has 15 heavy (non-hydrogen) atoms. The Hall–Kier alpha value is -1.09. The zero-order valence-electron chi connectivity index (χ0n) is 9.37. The quantitative estimate of drug-likeness (QED) is 0.833. The molecule has 0 aliphatic heterocycles. The number of nitrogens with zero attached hydrogens (tertiary/aromatic N) is 1. The SMILES string of the molecule is CC(C)(C)CNc1snc2ccccc12. The molecule has 0 aliphatic carbocycles. The number of aromatic nitrogens is 1. The van der Waals surface area contributed by atoms with Crippen molar-refractivity contribution in [3.8, 4) is 0 Å². The number of hydrogen-bond acceptors (Lipinski definition) is 3. The average Bonchev–Trinajstić information content (AvgIpc) is 2.57. The molecule has 0 radical (unpaired) electrons. The predicted octanol–water partition coefficient (Wildman–Crippen LogP) is 3.75. The van der Waals surface area contributed by atoms with E-state index < -0.39 is 0 Å². The van der Waals surface area contributed by atoms with Gasteiger partial charge in [-0.3, -0.25) is 0 Å². The van der Waals surface area contributed by atoms with Gasteiger partial charge in [-0.1, -0.05) is 32.9 Å². The Morgan fingerprint density at radius 1 is 1.27 bits per heavy atom. The van der Waals surface area contributed by atoms with Crippen molar-refractivity contribution in [3.63, 3.8) is 0 Å². The lowest BCUT2D eigenvalue weighted by Crippen LogP contribution is -2.18. The number of rotatable bonds is 2. The zero-order valence-corrected chi connectivity index (χ0v) is 10.2. The van der Waals surface area contributed by atoms with Gasteiger partial charge in [-0.05, 0) is 29.1 Å². The predicted molar refractivity (Wildman–Crippen MR) is 67.6 cm³/mol. The first-order valence-corrected chi connectivity index (χ1v) is 5.92. The first-order valence-electron chi connectivity index (χ1n) is 5.14. The molecule has 0 aliphatic rings. The molecule has 0 saturated carbocycles. The van der Waals surface area contributed by atoms with Crippen molar-refractivity contribution < 1.29 is 0 Å². The Bertz CT molecular complexity index is 454. The highest BCUT2D eigenvalue weighted by Crippen LogP contribution is 2.28. The average molecular weight is 220 g/mol. The third-order valence-electron chi connectivity index (χ3n) is 2.16. The molecule has 3 heteroatoms. The summed E-state index contributed by atoms with van der Waals surface area (Å²) in [6.07, 6.45) is 0. The van der Waals surface area contributed by atoms with Gasteiger partial charge < -0.3 is 5.32 Å². The summed E-state index contributed by atoms with van der Waals surface area (Å²) in [5.41, 5.74) is 1.38. The van der Waals surface area contributed by atoms with Gasteiger partial charge in [0.05, 0.1) is 5.52 Å². The van der Waals surface area contributed by atoms with Crippen LogP contribution in [0.25, 0.3) is 10.9 Å². The van der Waals surface area contributed by atoms with Crippen molar-refractivity contribution in [2.45, 2.75) is 20.8 Å². The monoisotopic (exact) mass is 220 g/mol. The molecule has 0 unspecified atom stereocenters. The molecule has 0 saturated heterocycles. The molecule has 1 aromatic carbocycles. The number of benzene rings is 1. The minimum absolute atomic E-state index is 0.297. The van der Waals surface area contributed by atoms with Crippen LogP contribution in [0.2, 0.25) is 0 Å². The molecule has 2 rings (SSSR count). The van der Waals surface area contributed by atoms with Crippen molar-refractivity contribution in [2.75, 3.05) is 11.9 Å². The van der Waals surface area contributed by atoms with Crippen LogP contribution in [0.15, 0.2) is 24.3 Å². The summed E-state index contributed by atoms with van der Waals surface area (Å²) in [7, 11) is 0. The first-order chi connectivity index (χ1) is 7.06. The van der Waals surface area contributed by atoms with Crippen molar-refractivity contribution in [1.82, 2.24) is 4.37 Å². The summed E-state index contributed by atoms with van der Waals surface area (Å²) in [6, 6.07) is 8.24. The molecule has 2 aromatic rings. The molecule has 2 nitrogen and oxygen atoms in total. The molecular weight excluding hydrogens is 204 g/mol. The van der Waals surface area contributed by atoms with Crippen molar-refractivity contribution >= 4 is 27.4 Å². The van der Waals surface area contributed by atoms with Crippen LogP contribution in [-0.4, -0.2) is 10.9 Å². The fraction of sp³-hybridized carbons (Fsp3) is 0.417. The van der Waals surface area contributed by atoms with Gasteiger partial charge in [0.2, 0.25) is 0 Å². The number of hydrogen-bond donors (Lipinski definition) is 1. The summed E-state index contributed by atoms with van der Waals surface area (Å²) in [5, 5.41) is 5.87. The molecule has 0 fully saturated rings. The molecule has 0 bridgehead atoms. The summed E-state index contributed by atoms with van der Waals surface area (Å²) in [6.45, 7) is 7.65. The molecule has 1 heterocycles. The Balaban J connectivity index is 2.22. The third kappa shape index (κ3) is 2.48. The summed E-state index contributed by atoms with van der Waals surface area (Å²) in [4.78, 5) is 0. The number of fused-ring (bicyclic) bond motifs is 1. The standard InChI is InChI=1S/C12H16N2S/c1-12(2,3)8-13-11-9-6-4-5-7-10(9)14-15-11/h4-7,13H,8H2,1-3H3. The van der Waals surface area contributed by atoms with Gasteiger partial charge >= 0.3 is 0 Å². The largest absolute Gasteiger partial charge is 0.375 e. The second-order valence-electron chi connectivity index (χ2n) is 4.94. The summed E-state index contributed by atoms with van der Waals surface area (Å²) < 4.78 is 4.40. The Kier molecular flexibility index (Phi) is 2.65. The zero-order chi connectivity index (χ0) is 10.9. The fourth-order valence-electron chi connectivity index (χ4n) is 1.36. The van der Waals surface area contributed by atoms with Crippen molar-refractivity contribution in [3.05, 3.63) is 24.3 Å². The van der Waals surface area contributed by atoms with E-state index in [1.165, 1.54) is 10.4 Å². The number of anilines is 1. The second kappa shape index (κ2) is 3.81. The van der Waals surface area contributed by atoms with Gasteiger partial charge in [-0.25, -0.2) is 0 Å². The maximum Gasteiger partial charge on any atom is 0.117 e. The van der Waals surface area contributed by atoms with E-state index >= 15 is 0 Å². The minimum Gasteiger partial charge on any atom is -0.375 e. The lowest BCUT2D eigenvalue weighted by molar-refractivity contribution is 0.443. The van der Waals surface area contributed by atoms with Crippen LogP contribution in [-0.2, 0) is 0 Å². The van der Waals surface area contributed by atoms with Crippen LogP contribution in [0.4, 0.5) is 5.00 Å². The molecule has 1 aromatic heterocycles. The highest BCUT2D eigenvalue weighted by atomic mass is 32.1. The van der Waals surface area contributed by atoms with E-state index in [2.05, 4.69) is 42.6 Å². The van der Waals surface area contributed by atoms with Gasteiger partial charge in [0.25, 0.3) is 0 Å². The van der Waals surface area contributed by atoms with Crippen LogP contribution < -0.4 is 5.32 Å². The first kappa shape index (κ1) is 10.4. The van der Waals surface area contributed by atoms with E-state index in [9.17, 15) is 0 Å². The Morgan fingerprint density at radius 3 is 2.73 bits per heavy atom. The number of nitrogens with one attached hydrogen (secondary N) is 1. The van der Waals surface area contributed by atoms with E-state index in [4.69, 9.17) is 0 Å². The summed E-state index contributed by atoms with van der Waals surface area (Å²) >= 11 is 1.54. The van der Waals surface area contributed by atoms with Crippen LogP contribution >= 0.6 is 11.5 Å². The molecule has 0 amide bonds. The van der Waals surface area contributed by atoms with E-state index in [1.54, 1.807) is 11.5 Å². The molecule has 0 spiro atoms. The minimum atomic E-state index is 0.297. The molecular formula is C12H16N2S. The lowest BCUT2D eigenvalue weighted by Gasteiger charge is -2.18. The van der Waals surface area contributed by atoms with Crippen molar-refractivity contribution in [2.24, 2.45) is 5.41 Å². The van der Waals surface area contributed by atoms with E-state index in [1.807, 2.05) is 12.1 Å². The topological polar surface area (TPSA) is 24.9 Å².